The maximum atomic E-state index is 12.5. The SMILES string of the molecule is CCn1cc(Cl)c(CN(C)C(=O)c2cccc(OCC(F)(F)F)c2)n1. The van der Waals surface area contributed by atoms with Crippen molar-refractivity contribution in [3.63, 3.8) is 0 Å². The predicted molar refractivity (Wildman–Crippen MR) is 86.7 cm³/mol. The average molecular weight is 376 g/mol. The van der Waals surface area contributed by atoms with E-state index in [4.69, 9.17) is 11.6 Å². The second-order valence-corrected chi connectivity index (χ2v) is 5.78. The summed E-state index contributed by atoms with van der Waals surface area (Å²) in [5.74, 6) is -0.399. The molecule has 0 atom stereocenters. The molecule has 0 bridgehead atoms. The zero-order valence-corrected chi connectivity index (χ0v) is 14.4. The van der Waals surface area contributed by atoms with Crippen molar-refractivity contribution in [2.24, 2.45) is 0 Å². The highest BCUT2D eigenvalue weighted by Crippen LogP contribution is 2.21. The molecule has 5 nitrogen and oxygen atoms in total. The fraction of sp³-hybridized carbons (Fsp3) is 0.375. The Morgan fingerprint density at radius 2 is 2.12 bits per heavy atom. The summed E-state index contributed by atoms with van der Waals surface area (Å²) >= 11 is 6.08. The van der Waals surface area contributed by atoms with E-state index in [2.05, 4.69) is 9.84 Å². The van der Waals surface area contributed by atoms with Crippen molar-refractivity contribution in [3.8, 4) is 5.75 Å². The molecule has 0 spiro atoms. The van der Waals surface area contributed by atoms with E-state index in [1.807, 2.05) is 6.92 Å². The van der Waals surface area contributed by atoms with Crippen LogP contribution in [0.4, 0.5) is 13.2 Å². The minimum Gasteiger partial charge on any atom is -0.484 e. The van der Waals surface area contributed by atoms with Crippen LogP contribution in [-0.4, -0.2) is 40.4 Å². The lowest BCUT2D eigenvalue weighted by Crippen LogP contribution is -2.26. The van der Waals surface area contributed by atoms with E-state index in [1.54, 1.807) is 17.9 Å². The monoisotopic (exact) mass is 375 g/mol. The van der Waals surface area contributed by atoms with E-state index in [0.29, 0.717) is 17.3 Å². The quantitative estimate of drug-likeness (QED) is 0.772. The van der Waals surface area contributed by atoms with Crippen LogP contribution in [0.5, 0.6) is 5.75 Å². The molecular weight excluding hydrogens is 359 g/mol. The number of halogens is 4. The molecule has 1 aromatic heterocycles. The molecule has 0 aliphatic carbocycles. The summed E-state index contributed by atoms with van der Waals surface area (Å²) in [6.07, 6.45) is -2.77. The number of aryl methyl sites for hydroxylation is 1. The minimum atomic E-state index is -4.44. The van der Waals surface area contributed by atoms with Crippen molar-refractivity contribution < 1.29 is 22.7 Å². The summed E-state index contributed by atoms with van der Waals surface area (Å²) in [7, 11) is 1.56. The standard InChI is InChI=1S/C16H17ClF3N3O2/c1-3-23-8-13(17)14(21-23)9-22(2)15(24)11-5-4-6-12(7-11)25-10-16(18,19)20/h4-8H,3,9-10H2,1-2H3. The van der Waals surface area contributed by atoms with Crippen LogP contribution in [0.1, 0.15) is 23.0 Å². The van der Waals surface area contributed by atoms with Crippen LogP contribution in [0.2, 0.25) is 5.02 Å². The molecule has 1 aromatic carbocycles. The summed E-state index contributed by atoms with van der Waals surface area (Å²) in [5.41, 5.74) is 0.761. The van der Waals surface area contributed by atoms with E-state index >= 15 is 0 Å². The number of ether oxygens (including phenoxy) is 1. The first-order valence-corrected chi connectivity index (χ1v) is 7.84. The van der Waals surface area contributed by atoms with Gasteiger partial charge in [0.1, 0.15) is 11.4 Å². The van der Waals surface area contributed by atoms with E-state index < -0.39 is 12.8 Å². The van der Waals surface area contributed by atoms with Gasteiger partial charge in [0.2, 0.25) is 0 Å². The first-order chi connectivity index (χ1) is 11.7. The smallest absolute Gasteiger partial charge is 0.422 e. The lowest BCUT2D eigenvalue weighted by molar-refractivity contribution is -0.153. The van der Waals surface area contributed by atoms with E-state index in [0.717, 1.165) is 0 Å². The van der Waals surface area contributed by atoms with Gasteiger partial charge >= 0.3 is 6.18 Å². The Balaban J connectivity index is 2.07. The molecule has 25 heavy (non-hydrogen) atoms. The van der Waals surface area contributed by atoms with Gasteiger partial charge in [-0.2, -0.15) is 18.3 Å². The van der Waals surface area contributed by atoms with Crippen LogP contribution in [0.15, 0.2) is 30.5 Å². The summed E-state index contributed by atoms with van der Waals surface area (Å²) in [6.45, 7) is 1.33. The van der Waals surface area contributed by atoms with Gasteiger partial charge in [0, 0.05) is 25.4 Å². The van der Waals surface area contributed by atoms with E-state index in [9.17, 15) is 18.0 Å². The van der Waals surface area contributed by atoms with Gasteiger partial charge in [0.25, 0.3) is 5.91 Å². The fourth-order valence-corrected chi connectivity index (χ4v) is 2.32. The molecule has 0 unspecified atom stereocenters. The van der Waals surface area contributed by atoms with Crippen molar-refractivity contribution in [3.05, 3.63) is 46.7 Å². The van der Waals surface area contributed by atoms with Crippen molar-refractivity contribution in [1.82, 2.24) is 14.7 Å². The Hall–Kier alpha value is -2.22. The van der Waals surface area contributed by atoms with Crippen LogP contribution in [0, 0.1) is 0 Å². The van der Waals surface area contributed by atoms with Crippen molar-refractivity contribution in [1.29, 1.82) is 0 Å². The predicted octanol–water partition coefficient (Wildman–Crippen LogP) is 3.77. The van der Waals surface area contributed by atoms with Crippen molar-refractivity contribution >= 4 is 17.5 Å². The Labute approximate surface area is 147 Å². The number of rotatable bonds is 6. The Bertz CT molecular complexity index is 746. The molecule has 0 aliphatic heterocycles. The van der Waals surface area contributed by atoms with Gasteiger partial charge in [0.05, 0.1) is 11.6 Å². The highest BCUT2D eigenvalue weighted by atomic mass is 35.5. The first kappa shape index (κ1) is 19.1. The molecule has 1 heterocycles. The normalized spacial score (nSPS) is 11.4. The fourth-order valence-electron chi connectivity index (χ4n) is 2.11. The molecule has 1 amide bonds. The third-order valence-corrected chi connectivity index (χ3v) is 3.64. The minimum absolute atomic E-state index is 0.0233. The summed E-state index contributed by atoms with van der Waals surface area (Å²) < 4.78 is 43.0. The van der Waals surface area contributed by atoms with Crippen molar-refractivity contribution in [2.75, 3.05) is 13.7 Å². The molecule has 0 fully saturated rings. The van der Waals surface area contributed by atoms with Gasteiger partial charge < -0.3 is 9.64 Å². The lowest BCUT2D eigenvalue weighted by Gasteiger charge is -2.17. The average Bonchev–Trinajstić information content (AvgIpc) is 2.92. The van der Waals surface area contributed by atoms with Crippen LogP contribution in [-0.2, 0) is 13.1 Å². The zero-order valence-electron chi connectivity index (χ0n) is 13.7. The van der Waals surface area contributed by atoms with Gasteiger partial charge in [-0.15, -0.1) is 0 Å². The van der Waals surface area contributed by atoms with Gasteiger partial charge in [-0.3, -0.25) is 9.48 Å². The summed E-state index contributed by atoms with van der Waals surface area (Å²) in [4.78, 5) is 13.8. The number of carbonyl (C=O) groups excluding carboxylic acids is 1. The van der Waals surface area contributed by atoms with Gasteiger partial charge in [-0.1, -0.05) is 17.7 Å². The number of nitrogens with zero attached hydrogens (tertiary/aromatic N) is 3. The molecule has 9 heteroatoms. The summed E-state index contributed by atoms with van der Waals surface area (Å²) in [6, 6.07) is 5.61. The highest BCUT2D eigenvalue weighted by Gasteiger charge is 2.28. The highest BCUT2D eigenvalue weighted by molar-refractivity contribution is 6.31. The molecule has 0 saturated carbocycles. The van der Waals surface area contributed by atoms with Crippen LogP contribution < -0.4 is 4.74 Å². The number of hydrogen-bond acceptors (Lipinski definition) is 3. The molecule has 0 N–H and O–H groups in total. The number of hydrogen-bond donors (Lipinski definition) is 0. The molecule has 2 aromatic rings. The second-order valence-electron chi connectivity index (χ2n) is 5.37. The molecule has 136 valence electrons. The van der Waals surface area contributed by atoms with Gasteiger partial charge in [0.15, 0.2) is 6.61 Å². The maximum Gasteiger partial charge on any atom is 0.422 e. The largest absolute Gasteiger partial charge is 0.484 e. The van der Waals surface area contributed by atoms with Crippen LogP contribution in [0.25, 0.3) is 0 Å². The maximum absolute atomic E-state index is 12.5. The van der Waals surface area contributed by atoms with Crippen LogP contribution >= 0.6 is 11.6 Å². The number of carbonyl (C=O) groups is 1. The lowest BCUT2D eigenvalue weighted by atomic mass is 10.2. The third kappa shape index (κ3) is 5.38. The molecular formula is C16H17ClF3N3O2. The molecule has 0 aliphatic rings. The van der Waals surface area contributed by atoms with E-state index in [-0.39, 0.29) is 23.8 Å². The first-order valence-electron chi connectivity index (χ1n) is 7.46. The van der Waals surface area contributed by atoms with E-state index in [1.165, 1.54) is 29.2 Å². The Morgan fingerprint density at radius 3 is 2.72 bits per heavy atom. The molecule has 0 saturated heterocycles. The third-order valence-electron chi connectivity index (χ3n) is 3.33. The van der Waals surface area contributed by atoms with Gasteiger partial charge in [-0.05, 0) is 25.1 Å². The number of amides is 1. The zero-order chi connectivity index (χ0) is 18.6. The van der Waals surface area contributed by atoms with Crippen molar-refractivity contribution in [2.45, 2.75) is 26.2 Å². The Kier molecular flexibility index (Phi) is 5.94. The number of benzene rings is 1. The van der Waals surface area contributed by atoms with Crippen LogP contribution in [0.3, 0.4) is 0 Å². The summed E-state index contributed by atoms with van der Waals surface area (Å²) in [5, 5.41) is 4.71. The number of aromatic nitrogens is 2. The topological polar surface area (TPSA) is 47.4 Å². The Morgan fingerprint density at radius 1 is 1.40 bits per heavy atom. The van der Waals surface area contributed by atoms with Gasteiger partial charge in [-0.25, -0.2) is 0 Å². The second kappa shape index (κ2) is 7.77. The molecule has 0 radical (unpaired) electrons. The number of alkyl halides is 3. The molecule has 2 rings (SSSR count).